The van der Waals surface area contributed by atoms with E-state index in [0.29, 0.717) is 18.7 Å². The second kappa shape index (κ2) is 6.04. The lowest BCUT2D eigenvalue weighted by Gasteiger charge is -2.33. The van der Waals surface area contributed by atoms with Crippen LogP contribution in [0, 0.1) is 0 Å². The number of carbonyl (C=O) groups is 2. The van der Waals surface area contributed by atoms with Gasteiger partial charge in [-0.1, -0.05) is 18.2 Å². The van der Waals surface area contributed by atoms with Crippen LogP contribution in [0.1, 0.15) is 51.8 Å². The van der Waals surface area contributed by atoms with Crippen LogP contribution in [-0.2, 0) is 30.1 Å². The molecule has 1 saturated heterocycles. The number of aryl methyl sites for hydroxylation is 2. The van der Waals surface area contributed by atoms with Crippen molar-refractivity contribution in [2.45, 2.75) is 37.1 Å². The molecule has 1 fully saturated rings. The van der Waals surface area contributed by atoms with E-state index >= 15 is 0 Å². The molecule has 2 aromatic heterocycles. The van der Waals surface area contributed by atoms with Crippen LogP contribution in [0.15, 0.2) is 36.7 Å². The van der Waals surface area contributed by atoms with Gasteiger partial charge in [0.1, 0.15) is 5.41 Å². The number of nitrogens with one attached hydrogen (secondary N) is 2. The van der Waals surface area contributed by atoms with Crippen molar-refractivity contribution in [1.82, 2.24) is 24.9 Å². The van der Waals surface area contributed by atoms with Gasteiger partial charge in [0, 0.05) is 42.3 Å². The number of hydrogen-bond donors (Lipinski definition) is 2. The largest absolute Gasteiger partial charge is 0.329 e. The summed E-state index contributed by atoms with van der Waals surface area (Å²) in [6.45, 7) is 0.488. The van der Waals surface area contributed by atoms with Gasteiger partial charge in [-0.3, -0.25) is 19.4 Å². The molecule has 4 heterocycles. The fourth-order valence-corrected chi connectivity index (χ4v) is 5.58. The normalized spacial score (nSPS) is 24.4. The van der Waals surface area contributed by atoms with Crippen molar-refractivity contribution in [3.05, 3.63) is 64.7 Å². The highest BCUT2D eigenvalue weighted by Gasteiger charge is 2.60. The third kappa shape index (κ3) is 2.16. The molecule has 8 nitrogen and oxygen atoms in total. The van der Waals surface area contributed by atoms with E-state index in [1.165, 1.54) is 0 Å². The number of H-pyrrole nitrogens is 1. The number of anilines is 1. The van der Waals surface area contributed by atoms with Crippen LogP contribution < -0.4 is 5.32 Å². The van der Waals surface area contributed by atoms with Gasteiger partial charge in [0.2, 0.25) is 5.91 Å². The summed E-state index contributed by atoms with van der Waals surface area (Å²) >= 11 is 0. The first kappa shape index (κ1) is 17.4. The fourth-order valence-electron chi connectivity index (χ4n) is 5.58. The zero-order valence-corrected chi connectivity index (χ0v) is 16.7. The van der Waals surface area contributed by atoms with Crippen LogP contribution in [0.25, 0.3) is 0 Å². The molecule has 3 aliphatic rings. The molecular weight excluding hydrogens is 380 g/mol. The molecule has 3 aromatic rings. The first-order chi connectivity index (χ1) is 14.6. The molecule has 0 saturated carbocycles. The monoisotopic (exact) mass is 402 g/mol. The summed E-state index contributed by atoms with van der Waals surface area (Å²) in [6.07, 6.45) is 7.07. The van der Waals surface area contributed by atoms with Crippen LogP contribution in [-0.4, -0.2) is 43.2 Å². The summed E-state index contributed by atoms with van der Waals surface area (Å²) in [5, 5.41) is 14.8. The molecule has 30 heavy (non-hydrogen) atoms. The number of para-hydroxylation sites is 1. The first-order valence-corrected chi connectivity index (χ1v) is 10.4. The van der Waals surface area contributed by atoms with E-state index in [0.717, 1.165) is 47.3 Å². The standard InChI is InChI=1S/C22H22N6O2/c1-27-12-13(11-23-27)19-22(15-6-2-3-7-17(15)24-21(22)30)9-10-28(19)20(29)18-14-5-4-8-16(14)25-26-18/h2-3,6-7,11-12,19H,4-5,8-10H2,1H3,(H,24,30)(H,25,26). The van der Waals surface area contributed by atoms with Crippen molar-refractivity contribution in [3.63, 3.8) is 0 Å². The molecule has 8 heteroatoms. The fraction of sp³-hybridized carbons (Fsp3) is 0.364. The molecule has 0 bridgehead atoms. The Morgan fingerprint density at radius 3 is 2.97 bits per heavy atom. The molecule has 2 aliphatic heterocycles. The highest BCUT2D eigenvalue weighted by Crippen LogP contribution is 2.55. The number of carbonyl (C=O) groups excluding carboxylic acids is 2. The van der Waals surface area contributed by atoms with Crippen LogP contribution in [0.5, 0.6) is 0 Å². The van der Waals surface area contributed by atoms with Crippen molar-refractivity contribution in [1.29, 1.82) is 0 Å². The van der Waals surface area contributed by atoms with Crippen LogP contribution in [0.3, 0.4) is 0 Å². The smallest absolute Gasteiger partial charge is 0.275 e. The molecule has 2 N–H and O–H groups in total. The Balaban J connectivity index is 1.50. The molecular formula is C22H22N6O2. The van der Waals surface area contributed by atoms with E-state index in [1.54, 1.807) is 10.9 Å². The third-order valence-electron chi connectivity index (χ3n) is 6.90. The van der Waals surface area contributed by atoms with Gasteiger partial charge < -0.3 is 10.2 Å². The average molecular weight is 402 g/mol. The Bertz CT molecular complexity index is 1190. The van der Waals surface area contributed by atoms with Crippen molar-refractivity contribution < 1.29 is 9.59 Å². The van der Waals surface area contributed by atoms with Gasteiger partial charge in [-0.05, 0) is 37.3 Å². The van der Waals surface area contributed by atoms with Crippen LogP contribution >= 0.6 is 0 Å². The number of hydrogen-bond acceptors (Lipinski definition) is 4. The molecule has 152 valence electrons. The molecule has 1 spiro atoms. The zero-order valence-electron chi connectivity index (χ0n) is 16.7. The maximum Gasteiger partial charge on any atom is 0.275 e. The average Bonchev–Trinajstić information content (AvgIpc) is 3.52. The summed E-state index contributed by atoms with van der Waals surface area (Å²) in [6, 6.07) is 7.36. The maximum absolute atomic E-state index is 13.7. The minimum absolute atomic E-state index is 0.0555. The lowest BCUT2D eigenvalue weighted by atomic mass is 9.73. The molecule has 0 radical (unpaired) electrons. The minimum atomic E-state index is -0.825. The van der Waals surface area contributed by atoms with Crippen molar-refractivity contribution >= 4 is 17.5 Å². The van der Waals surface area contributed by atoms with Gasteiger partial charge in [-0.15, -0.1) is 0 Å². The number of likely N-dealkylation sites (tertiary alicyclic amines) is 1. The summed E-state index contributed by atoms with van der Waals surface area (Å²) in [7, 11) is 1.85. The molecule has 2 unspecified atom stereocenters. The lowest BCUT2D eigenvalue weighted by molar-refractivity contribution is -0.121. The van der Waals surface area contributed by atoms with E-state index in [9.17, 15) is 9.59 Å². The second-order valence-corrected chi connectivity index (χ2v) is 8.45. The number of aromatic amines is 1. The van der Waals surface area contributed by atoms with Gasteiger partial charge in [0.05, 0.1) is 12.2 Å². The van der Waals surface area contributed by atoms with Gasteiger partial charge in [-0.25, -0.2) is 0 Å². The van der Waals surface area contributed by atoms with E-state index in [1.807, 2.05) is 42.4 Å². The number of nitrogens with zero attached hydrogens (tertiary/aromatic N) is 4. The molecule has 2 amide bonds. The van der Waals surface area contributed by atoms with Crippen LogP contribution in [0.2, 0.25) is 0 Å². The van der Waals surface area contributed by atoms with E-state index in [4.69, 9.17) is 0 Å². The number of benzene rings is 1. The van der Waals surface area contributed by atoms with E-state index in [-0.39, 0.29) is 11.8 Å². The molecule has 1 aromatic carbocycles. The molecule has 1 aliphatic carbocycles. The van der Waals surface area contributed by atoms with Crippen LogP contribution in [0.4, 0.5) is 5.69 Å². The Labute approximate surface area is 173 Å². The first-order valence-electron chi connectivity index (χ1n) is 10.4. The Hall–Kier alpha value is -3.42. The molecule has 2 atom stereocenters. The van der Waals surface area contributed by atoms with Gasteiger partial charge in [-0.2, -0.15) is 10.2 Å². The van der Waals surface area contributed by atoms with Crippen molar-refractivity contribution in [2.75, 3.05) is 11.9 Å². The molecule has 6 rings (SSSR count). The van der Waals surface area contributed by atoms with Gasteiger partial charge in [0.25, 0.3) is 5.91 Å². The van der Waals surface area contributed by atoms with Crippen molar-refractivity contribution in [2.24, 2.45) is 7.05 Å². The SMILES string of the molecule is Cn1cc(C2N(C(=O)c3n[nH]c4c3CCC4)CCC23C(=O)Nc2ccccc23)cn1. The Kier molecular flexibility index (Phi) is 3.51. The number of rotatable bonds is 2. The predicted octanol–water partition coefficient (Wildman–Crippen LogP) is 2.11. The third-order valence-corrected chi connectivity index (χ3v) is 6.90. The zero-order chi connectivity index (χ0) is 20.5. The van der Waals surface area contributed by atoms with Gasteiger partial charge >= 0.3 is 0 Å². The quantitative estimate of drug-likeness (QED) is 0.686. The summed E-state index contributed by atoms with van der Waals surface area (Å²) in [4.78, 5) is 28.9. The van der Waals surface area contributed by atoms with E-state index in [2.05, 4.69) is 20.6 Å². The minimum Gasteiger partial charge on any atom is -0.329 e. The van der Waals surface area contributed by atoms with Crippen molar-refractivity contribution in [3.8, 4) is 0 Å². The summed E-state index contributed by atoms with van der Waals surface area (Å²) in [5.41, 5.74) is 4.41. The summed E-state index contributed by atoms with van der Waals surface area (Å²) in [5.74, 6) is -0.169. The summed E-state index contributed by atoms with van der Waals surface area (Å²) < 4.78 is 1.72. The lowest BCUT2D eigenvalue weighted by Crippen LogP contribution is -2.42. The highest BCUT2D eigenvalue weighted by atomic mass is 16.2. The van der Waals surface area contributed by atoms with E-state index < -0.39 is 11.5 Å². The second-order valence-electron chi connectivity index (χ2n) is 8.45. The predicted molar refractivity (Wildman–Crippen MR) is 109 cm³/mol. The Morgan fingerprint density at radius 1 is 1.27 bits per heavy atom. The maximum atomic E-state index is 13.7. The topological polar surface area (TPSA) is 95.9 Å². The number of aromatic nitrogens is 4. The number of fused-ring (bicyclic) bond motifs is 3. The van der Waals surface area contributed by atoms with Gasteiger partial charge in [0.15, 0.2) is 5.69 Å². The number of amides is 2. The Morgan fingerprint density at radius 2 is 2.13 bits per heavy atom. The highest BCUT2D eigenvalue weighted by molar-refractivity contribution is 6.08.